The maximum absolute atomic E-state index is 11.8. The van der Waals surface area contributed by atoms with Gasteiger partial charge in [-0.25, -0.2) is 4.98 Å². The monoisotopic (exact) mass is 378 g/mol. The minimum absolute atomic E-state index is 0.0155. The van der Waals surface area contributed by atoms with Crippen LogP contribution >= 0.6 is 34.4 Å². The van der Waals surface area contributed by atoms with Gasteiger partial charge in [0.25, 0.3) is 5.56 Å². The Morgan fingerprint density at radius 2 is 2.11 bits per heavy atom. The third-order valence-electron chi connectivity index (χ3n) is 3.32. The zero-order chi connectivity index (χ0) is 13.0. The molecule has 1 saturated carbocycles. The highest BCUT2D eigenvalue weighted by molar-refractivity contribution is 14.1. The molecule has 18 heavy (non-hydrogen) atoms. The lowest BCUT2D eigenvalue weighted by atomic mass is 10.0. The van der Waals surface area contributed by atoms with Crippen molar-refractivity contribution < 1.29 is 0 Å². The second kappa shape index (κ2) is 6.93. The lowest BCUT2D eigenvalue weighted by Crippen LogP contribution is -2.18. The molecule has 1 aromatic heterocycles. The average molecular weight is 378 g/mol. The first-order valence-electron chi connectivity index (χ1n) is 6.60. The molecule has 1 aliphatic carbocycles. The minimum atomic E-state index is 0.0155. The van der Waals surface area contributed by atoms with Gasteiger partial charge < -0.3 is 4.98 Å². The van der Waals surface area contributed by atoms with Gasteiger partial charge >= 0.3 is 0 Å². The molecule has 1 aromatic rings. The SMILES string of the molecule is CCc1nc(CSC2CCCCC2)[nH]c(=O)c1I. The summed E-state index contributed by atoms with van der Waals surface area (Å²) in [4.78, 5) is 19.2. The van der Waals surface area contributed by atoms with Crippen LogP contribution in [0.15, 0.2) is 4.79 Å². The van der Waals surface area contributed by atoms with Crippen molar-refractivity contribution in [2.45, 2.75) is 56.5 Å². The lowest BCUT2D eigenvalue weighted by molar-refractivity contribution is 0.516. The van der Waals surface area contributed by atoms with Crippen LogP contribution in [0.1, 0.15) is 50.5 Å². The Hall–Kier alpha value is -0.0400. The number of aromatic nitrogens is 2. The summed E-state index contributed by atoms with van der Waals surface area (Å²) in [5.41, 5.74) is 0.945. The van der Waals surface area contributed by atoms with E-state index in [4.69, 9.17) is 0 Å². The van der Waals surface area contributed by atoms with Crippen LogP contribution in [0.5, 0.6) is 0 Å². The third-order valence-corrected chi connectivity index (χ3v) is 5.82. The van der Waals surface area contributed by atoms with Crippen molar-refractivity contribution in [3.8, 4) is 0 Å². The molecule has 0 unspecified atom stereocenters. The van der Waals surface area contributed by atoms with E-state index >= 15 is 0 Å². The van der Waals surface area contributed by atoms with Crippen molar-refractivity contribution in [1.29, 1.82) is 0 Å². The number of nitrogens with zero attached hydrogens (tertiary/aromatic N) is 1. The van der Waals surface area contributed by atoms with E-state index in [0.717, 1.165) is 32.5 Å². The molecule has 0 atom stereocenters. The van der Waals surface area contributed by atoms with Gasteiger partial charge in [0.1, 0.15) is 5.82 Å². The summed E-state index contributed by atoms with van der Waals surface area (Å²) in [7, 11) is 0. The van der Waals surface area contributed by atoms with Crippen molar-refractivity contribution in [1.82, 2.24) is 9.97 Å². The van der Waals surface area contributed by atoms with Crippen LogP contribution < -0.4 is 5.56 Å². The van der Waals surface area contributed by atoms with Crippen LogP contribution in [0.2, 0.25) is 0 Å². The molecule has 0 amide bonds. The first-order chi connectivity index (χ1) is 8.70. The highest BCUT2D eigenvalue weighted by atomic mass is 127. The molecule has 1 heterocycles. The molecule has 1 N–H and O–H groups in total. The molecule has 0 saturated heterocycles. The first-order valence-corrected chi connectivity index (χ1v) is 8.72. The number of halogens is 1. The van der Waals surface area contributed by atoms with Crippen molar-refractivity contribution >= 4 is 34.4 Å². The second-order valence-corrected chi connectivity index (χ2v) is 7.07. The van der Waals surface area contributed by atoms with E-state index in [0.29, 0.717) is 0 Å². The van der Waals surface area contributed by atoms with E-state index in [9.17, 15) is 4.79 Å². The summed E-state index contributed by atoms with van der Waals surface area (Å²) in [6.07, 6.45) is 7.56. The van der Waals surface area contributed by atoms with Gasteiger partial charge in [0.05, 0.1) is 15.0 Å². The van der Waals surface area contributed by atoms with Crippen LogP contribution in [0.4, 0.5) is 0 Å². The van der Waals surface area contributed by atoms with Crippen molar-refractivity contribution in [3.05, 3.63) is 25.4 Å². The number of nitrogens with one attached hydrogen (secondary N) is 1. The molecular formula is C13H19IN2OS. The van der Waals surface area contributed by atoms with Crippen LogP contribution in [-0.2, 0) is 12.2 Å². The number of H-pyrrole nitrogens is 1. The lowest BCUT2D eigenvalue weighted by Gasteiger charge is -2.20. The zero-order valence-electron chi connectivity index (χ0n) is 10.7. The number of thioether (sulfide) groups is 1. The molecule has 5 heteroatoms. The Labute approximate surface area is 126 Å². The molecule has 100 valence electrons. The third kappa shape index (κ3) is 3.73. The van der Waals surface area contributed by atoms with Crippen LogP contribution in [0, 0.1) is 3.57 Å². The predicted molar refractivity (Wildman–Crippen MR) is 85.1 cm³/mol. The fraction of sp³-hybridized carbons (Fsp3) is 0.692. The second-order valence-electron chi connectivity index (χ2n) is 4.70. The Morgan fingerprint density at radius 1 is 1.39 bits per heavy atom. The molecule has 1 aliphatic rings. The standard InChI is InChI=1S/C13H19IN2OS/c1-2-10-12(14)13(17)16-11(15-10)8-18-9-6-4-3-5-7-9/h9H,2-8H2,1H3,(H,15,16,17). The van der Waals surface area contributed by atoms with Crippen molar-refractivity contribution in [3.63, 3.8) is 0 Å². The number of hydrogen-bond acceptors (Lipinski definition) is 3. The summed E-state index contributed by atoms with van der Waals surface area (Å²) in [6, 6.07) is 0. The average Bonchev–Trinajstić information content (AvgIpc) is 2.41. The molecule has 1 fully saturated rings. The van der Waals surface area contributed by atoms with E-state index in [1.54, 1.807) is 0 Å². The topological polar surface area (TPSA) is 45.8 Å². The summed E-state index contributed by atoms with van der Waals surface area (Å²) in [5, 5.41) is 0.758. The van der Waals surface area contributed by atoms with Gasteiger partial charge in [-0.1, -0.05) is 26.2 Å². The summed E-state index contributed by atoms with van der Waals surface area (Å²) in [6.45, 7) is 2.04. The van der Waals surface area contributed by atoms with E-state index in [-0.39, 0.29) is 5.56 Å². The van der Waals surface area contributed by atoms with Crippen molar-refractivity contribution in [2.75, 3.05) is 0 Å². The van der Waals surface area contributed by atoms with Crippen molar-refractivity contribution in [2.24, 2.45) is 0 Å². The molecule has 0 spiro atoms. The van der Waals surface area contributed by atoms with Gasteiger partial charge in [-0.3, -0.25) is 4.79 Å². The first kappa shape index (κ1) is 14.4. The van der Waals surface area contributed by atoms with Gasteiger partial charge in [0, 0.05) is 5.25 Å². The van der Waals surface area contributed by atoms with Crippen LogP contribution in [0.25, 0.3) is 0 Å². The van der Waals surface area contributed by atoms with Gasteiger partial charge in [0.15, 0.2) is 0 Å². The number of aryl methyl sites for hydroxylation is 1. The Kier molecular flexibility index (Phi) is 5.54. The summed E-state index contributed by atoms with van der Waals surface area (Å²) < 4.78 is 0.738. The van der Waals surface area contributed by atoms with E-state index in [1.165, 1.54) is 32.1 Å². The maximum Gasteiger partial charge on any atom is 0.264 e. The molecule has 0 aromatic carbocycles. The Bertz CT molecular complexity index is 455. The molecular weight excluding hydrogens is 359 g/mol. The van der Waals surface area contributed by atoms with Gasteiger partial charge in [-0.15, -0.1) is 0 Å². The number of rotatable bonds is 4. The molecule has 2 rings (SSSR count). The van der Waals surface area contributed by atoms with E-state index in [1.807, 2.05) is 18.7 Å². The quantitative estimate of drug-likeness (QED) is 0.816. The van der Waals surface area contributed by atoms with E-state index in [2.05, 4.69) is 32.6 Å². The molecule has 0 bridgehead atoms. The maximum atomic E-state index is 11.8. The smallest absolute Gasteiger partial charge is 0.264 e. The fourth-order valence-electron chi connectivity index (χ4n) is 2.29. The summed E-state index contributed by atoms with van der Waals surface area (Å²) >= 11 is 4.03. The fourth-order valence-corrected chi connectivity index (χ4v) is 4.12. The number of hydrogen-bond donors (Lipinski definition) is 1. The minimum Gasteiger partial charge on any atom is -0.309 e. The zero-order valence-corrected chi connectivity index (χ0v) is 13.6. The summed E-state index contributed by atoms with van der Waals surface area (Å²) in [5.74, 6) is 1.68. The highest BCUT2D eigenvalue weighted by Gasteiger charge is 2.15. The van der Waals surface area contributed by atoms with Crippen LogP contribution in [0.3, 0.4) is 0 Å². The van der Waals surface area contributed by atoms with Gasteiger partial charge in [0.2, 0.25) is 0 Å². The normalized spacial score (nSPS) is 17.0. The Balaban J connectivity index is 2.00. The molecule has 0 radical (unpaired) electrons. The predicted octanol–water partition coefficient (Wildman–Crippen LogP) is 3.50. The van der Waals surface area contributed by atoms with E-state index < -0.39 is 0 Å². The van der Waals surface area contributed by atoms with Crippen LogP contribution in [-0.4, -0.2) is 15.2 Å². The Morgan fingerprint density at radius 3 is 2.78 bits per heavy atom. The molecule has 3 nitrogen and oxygen atoms in total. The highest BCUT2D eigenvalue weighted by Crippen LogP contribution is 2.29. The largest absolute Gasteiger partial charge is 0.309 e. The number of aromatic amines is 1. The molecule has 0 aliphatic heterocycles. The van der Waals surface area contributed by atoms with Gasteiger partial charge in [-0.05, 0) is 41.9 Å². The van der Waals surface area contributed by atoms with Gasteiger partial charge in [-0.2, -0.15) is 11.8 Å².